The highest BCUT2D eigenvalue weighted by molar-refractivity contribution is 5.95. The van der Waals surface area contributed by atoms with E-state index in [4.69, 9.17) is 5.26 Å². The first kappa shape index (κ1) is 15.0. The third-order valence-corrected chi connectivity index (χ3v) is 3.31. The molecule has 102 valence electrons. The van der Waals surface area contributed by atoms with Crippen LogP contribution in [0.3, 0.4) is 0 Å². The quantitative estimate of drug-likeness (QED) is 0.445. The predicted molar refractivity (Wildman–Crippen MR) is 73.8 cm³/mol. The first-order chi connectivity index (χ1) is 8.96. The van der Waals surface area contributed by atoms with E-state index in [9.17, 15) is 4.79 Å². The fourth-order valence-electron chi connectivity index (χ4n) is 2.26. The minimum absolute atomic E-state index is 0.0463. The number of nitriles is 1. The summed E-state index contributed by atoms with van der Waals surface area (Å²) >= 11 is 0. The standard InChI is InChI=1S/C15H20N2O2/c1-6-10(2)17-11(3)7-13(8-12(17)4)14(9-16)15(18)19-5/h7-8,10H,6H2,1-5H3. The van der Waals surface area contributed by atoms with Crippen LogP contribution in [-0.4, -0.2) is 24.0 Å². The maximum absolute atomic E-state index is 11.6. The van der Waals surface area contributed by atoms with Gasteiger partial charge in [0.25, 0.3) is 0 Å². The Bertz CT molecular complexity index is 485. The molecule has 0 aliphatic carbocycles. The fourth-order valence-corrected chi connectivity index (χ4v) is 2.26. The number of hydrogen-bond donors (Lipinski definition) is 0. The molecule has 0 amide bonds. The van der Waals surface area contributed by atoms with E-state index in [0.717, 1.165) is 17.8 Å². The Morgan fingerprint density at radius 1 is 1.42 bits per heavy atom. The Kier molecular flexibility index (Phi) is 4.94. The molecule has 0 saturated carbocycles. The molecular formula is C15H20N2O2. The minimum Gasteiger partial charge on any atom is -0.465 e. The monoisotopic (exact) mass is 260 g/mol. The Labute approximate surface area is 114 Å². The van der Waals surface area contributed by atoms with Crippen LogP contribution in [0.5, 0.6) is 0 Å². The minimum atomic E-state index is -0.595. The van der Waals surface area contributed by atoms with Gasteiger partial charge in [0.15, 0.2) is 0 Å². The van der Waals surface area contributed by atoms with Crippen LogP contribution >= 0.6 is 0 Å². The van der Waals surface area contributed by atoms with E-state index in [0.29, 0.717) is 11.6 Å². The van der Waals surface area contributed by atoms with Crippen LogP contribution in [0, 0.1) is 11.3 Å². The van der Waals surface area contributed by atoms with Gasteiger partial charge >= 0.3 is 5.97 Å². The summed E-state index contributed by atoms with van der Waals surface area (Å²) < 4.78 is 4.63. The molecule has 1 rings (SSSR count). The normalized spacial score (nSPS) is 16.2. The highest BCUT2D eigenvalue weighted by Crippen LogP contribution is 2.27. The third kappa shape index (κ3) is 3.05. The van der Waals surface area contributed by atoms with Crippen LogP contribution < -0.4 is 0 Å². The molecule has 0 aromatic carbocycles. The van der Waals surface area contributed by atoms with Crippen molar-refractivity contribution >= 4 is 5.97 Å². The second-order valence-electron chi connectivity index (χ2n) is 4.63. The lowest BCUT2D eigenvalue weighted by molar-refractivity contribution is -0.135. The Balaban J connectivity index is 3.26. The van der Waals surface area contributed by atoms with Crippen LogP contribution in [0.25, 0.3) is 0 Å². The molecule has 1 heterocycles. The van der Waals surface area contributed by atoms with Crippen LogP contribution in [0.2, 0.25) is 0 Å². The number of hydrogen-bond acceptors (Lipinski definition) is 4. The molecule has 0 aromatic heterocycles. The maximum Gasteiger partial charge on any atom is 0.349 e. The summed E-state index contributed by atoms with van der Waals surface area (Å²) in [6, 6.07) is 2.31. The van der Waals surface area contributed by atoms with E-state index in [2.05, 4.69) is 23.5 Å². The summed E-state index contributed by atoms with van der Waals surface area (Å²) in [4.78, 5) is 13.8. The highest BCUT2D eigenvalue weighted by Gasteiger charge is 2.21. The molecule has 0 aromatic rings. The van der Waals surface area contributed by atoms with Crippen molar-refractivity contribution in [1.29, 1.82) is 5.26 Å². The van der Waals surface area contributed by atoms with Gasteiger partial charge in [-0.05, 0) is 39.3 Å². The van der Waals surface area contributed by atoms with E-state index in [1.807, 2.05) is 32.1 Å². The number of carbonyl (C=O) groups excluding carboxylic acids is 1. The molecule has 0 spiro atoms. The lowest BCUT2D eigenvalue weighted by Gasteiger charge is -2.34. The Morgan fingerprint density at radius 2 is 1.95 bits per heavy atom. The van der Waals surface area contributed by atoms with E-state index >= 15 is 0 Å². The van der Waals surface area contributed by atoms with Gasteiger partial charge in [0.2, 0.25) is 0 Å². The van der Waals surface area contributed by atoms with Crippen LogP contribution in [0.15, 0.2) is 34.7 Å². The summed E-state index contributed by atoms with van der Waals surface area (Å²) in [5, 5.41) is 9.09. The molecule has 1 aliphatic heterocycles. The Morgan fingerprint density at radius 3 is 2.32 bits per heavy atom. The second-order valence-corrected chi connectivity index (χ2v) is 4.63. The number of rotatable bonds is 3. The highest BCUT2D eigenvalue weighted by atomic mass is 16.5. The first-order valence-electron chi connectivity index (χ1n) is 6.34. The summed E-state index contributed by atoms with van der Waals surface area (Å²) in [5.41, 5.74) is 2.72. The molecule has 0 saturated heterocycles. The number of esters is 1. The van der Waals surface area contributed by atoms with Crippen LogP contribution in [0.1, 0.15) is 34.1 Å². The summed E-state index contributed by atoms with van der Waals surface area (Å²) in [5.74, 6) is -0.595. The van der Waals surface area contributed by atoms with Crippen molar-refractivity contribution in [2.75, 3.05) is 7.11 Å². The lowest BCUT2D eigenvalue weighted by Crippen LogP contribution is -2.31. The van der Waals surface area contributed by atoms with Gasteiger partial charge in [-0.1, -0.05) is 6.92 Å². The zero-order valence-corrected chi connectivity index (χ0v) is 12.2. The zero-order valence-electron chi connectivity index (χ0n) is 12.2. The van der Waals surface area contributed by atoms with Gasteiger partial charge in [-0.2, -0.15) is 5.26 Å². The average molecular weight is 260 g/mol. The number of allylic oxidation sites excluding steroid dienone is 5. The molecule has 1 atom stereocenters. The predicted octanol–water partition coefficient (Wildman–Crippen LogP) is 2.90. The van der Waals surface area contributed by atoms with Gasteiger partial charge in [0.1, 0.15) is 11.6 Å². The zero-order chi connectivity index (χ0) is 14.6. The number of nitrogens with zero attached hydrogens (tertiary/aromatic N) is 2. The molecule has 4 heteroatoms. The van der Waals surface area contributed by atoms with Crippen molar-refractivity contribution < 1.29 is 9.53 Å². The molecule has 19 heavy (non-hydrogen) atoms. The van der Waals surface area contributed by atoms with Crippen molar-refractivity contribution in [2.45, 2.75) is 40.2 Å². The van der Waals surface area contributed by atoms with Crippen LogP contribution in [0.4, 0.5) is 0 Å². The van der Waals surface area contributed by atoms with Crippen LogP contribution in [-0.2, 0) is 9.53 Å². The van der Waals surface area contributed by atoms with Gasteiger partial charge < -0.3 is 9.64 Å². The van der Waals surface area contributed by atoms with Crippen molar-refractivity contribution in [3.8, 4) is 6.07 Å². The van der Waals surface area contributed by atoms with Gasteiger partial charge in [-0.3, -0.25) is 0 Å². The molecule has 1 aliphatic rings. The van der Waals surface area contributed by atoms with Crippen molar-refractivity contribution in [3.05, 3.63) is 34.7 Å². The van der Waals surface area contributed by atoms with Crippen molar-refractivity contribution in [1.82, 2.24) is 4.90 Å². The number of methoxy groups -OCH3 is 1. The molecule has 0 N–H and O–H groups in total. The smallest absolute Gasteiger partial charge is 0.349 e. The molecule has 0 radical (unpaired) electrons. The topological polar surface area (TPSA) is 53.3 Å². The van der Waals surface area contributed by atoms with Gasteiger partial charge in [0, 0.05) is 23.0 Å². The molecule has 0 bridgehead atoms. The third-order valence-electron chi connectivity index (χ3n) is 3.31. The van der Waals surface area contributed by atoms with Crippen molar-refractivity contribution in [2.24, 2.45) is 0 Å². The summed E-state index contributed by atoms with van der Waals surface area (Å²) in [7, 11) is 1.28. The number of carbonyl (C=O) groups is 1. The molecule has 1 unspecified atom stereocenters. The average Bonchev–Trinajstić information content (AvgIpc) is 2.38. The van der Waals surface area contributed by atoms with E-state index < -0.39 is 5.97 Å². The SMILES string of the molecule is CCC(C)N1C(C)=CC(=C(C#N)C(=O)OC)C=C1C. The second kappa shape index (κ2) is 6.24. The maximum atomic E-state index is 11.6. The summed E-state index contributed by atoms with van der Waals surface area (Å²) in [6.07, 6.45) is 4.74. The van der Waals surface area contributed by atoms with Gasteiger partial charge in [-0.25, -0.2) is 4.79 Å². The van der Waals surface area contributed by atoms with E-state index in [-0.39, 0.29) is 5.57 Å². The van der Waals surface area contributed by atoms with E-state index in [1.54, 1.807) is 0 Å². The van der Waals surface area contributed by atoms with Gasteiger partial charge in [0.05, 0.1) is 7.11 Å². The lowest BCUT2D eigenvalue weighted by atomic mass is 10.0. The van der Waals surface area contributed by atoms with Gasteiger partial charge in [-0.15, -0.1) is 0 Å². The molecule has 0 fully saturated rings. The van der Waals surface area contributed by atoms with E-state index in [1.165, 1.54) is 7.11 Å². The first-order valence-corrected chi connectivity index (χ1v) is 6.34. The Hall–Kier alpha value is -2.02. The largest absolute Gasteiger partial charge is 0.465 e. The summed E-state index contributed by atoms with van der Waals surface area (Å²) in [6.45, 7) is 8.24. The number of ether oxygens (including phenoxy) is 1. The molecule has 4 nitrogen and oxygen atoms in total. The molecular weight excluding hydrogens is 240 g/mol. The van der Waals surface area contributed by atoms with Crippen molar-refractivity contribution in [3.63, 3.8) is 0 Å². The fraction of sp³-hybridized carbons (Fsp3) is 0.467.